The summed E-state index contributed by atoms with van der Waals surface area (Å²) in [4.78, 5) is 34.0. The topological polar surface area (TPSA) is 93.2 Å². The Balaban J connectivity index is 1.28. The van der Waals surface area contributed by atoms with Crippen LogP contribution in [0.4, 0.5) is 5.69 Å². The van der Waals surface area contributed by atoms with E-state index in [4.69, 9.17) is 14.2 Å². The van der Waals surface area contributed by atoms with Gasteiger partial charge in [-0.1, -0.05) is 30.0 Å². The molecule has 0 aliphatic carbocycles. The number of hydrogen-bond donors (Lipinski definition) is 1. The predicted octanol–water partition coefficient (Wildman–Crippen LogP) is 2.71. The molecule has 1 atom stereocenters. The molecule has 1 saturated heterocycles. The summed E-state index contributed by atoms with van der Waals surface area (Å²) in [6, 6.07) is 16.9. The third kappa shape index (κ3) is 5.32. The number of rotatable bonds is 5. The molecule has 0 bridgehead atoms. The molecule has 1 N–H and O–H groups in total. The van der Waals surface area contributed by atoms with Crippen LogP contribution < -0.4 is 19.7 Å². The van der Waals surface area contributed by atoms with Gasteiger partial charge in [0.05, 0.1) is 5.69 Å². The van der Waals surface area contributed by atoms with Crippen molar-refractivity contribution in [1.82, 2.24) is 15.2 Å². The maximum Gasteiger partial charge on any atom is 0.270 e. The zero-order chi connectivity index (χ0) is 26.7. The molecule has 0 spiro atoms. The number of anilines is 1. The van der Waals surface area contributed by atoms with E-state index in [0.29, 0.717) is 22.9 Å². The van der Waals surface area contributed by atoms with Crippen LogP contribution in [0.5, 0.6) is 17.2 Å². The van der Waals surface area contributed by atoms with Gasteiger partial charge >= 0.3 is 0 Å². The van der Waals surface area contributed by atoms with Crippen molar-refractivity contribution in [1.29, 1.82) is 0 Å². The van der Waals surface area contributed by atoms with Crippen LogP contribution in [0.15, 0.2) is 66.9 Å². The van der Waals surface area contributed by atoms with Gasteiger partial charge in [-0.2, -0.15) is 0 Å². The molecule has 194 valence electrons. The Morgan fingerprint density at radius 3 is 2.63 bits per heavy atom. The molecular weight excluding hydrogens is 484 g/mol. The van der Waals surface area contributed by atoms with Gasteiger partial charge in [0.15, 0.2) is 5.60 Å². The van der Waals surface area contributed by atoms with Gasteiger partial charge in [0.25, 0.3) is 11.8 Å². The standard InChI is InChI=1S/C29H28N4O5/c1-32-18-29(19-32,36-3)13-11-20-9-10-26-25(15-20)33(2)28(35)24(17-37-26)31-27(34)23-16-22(12-14-30-23)38-21-7-5-4-6-8-21/h4-10,12,14-16,24H,17-19H2,1-3H3,(H,31,34). The number of likely N-dealkylation sites (tertiary alicyclic amines) is 1. The van der Waals surface area contributed by atoms with E-state index >= 15 is 0 Å². The number of aromatic nitrogens is 1. The zero-order valence-electron chi connectivity index (χ0n) is 21.4. The van der Waals surface area contributed by atoms with E-state index in [2.05, 4.69) is 27.0 Å². The molecule has 3 heterocycles. The van der Waals surface area contributed by atoms with Gasteiger partial charge in [0, 0.05) is 45.1 Å². The number of carbonyl (C=O) groups excluding carboxylic acids is 2. The lowest BCUT2D eigenvalue weighted by molar-refractivity contribution is -0.120. The maximum absolute atomic E-state index is 13.3. The molecule has 1 aromatic heterocycles. The van der Waals surface area contributed by atoms with Crippen molar-refractivity contribution in [2.45, 2.75) is 11.6 Å². The summed E-state index contributed by atoms with van der Waals surface area (Å²) >= 11 is 0. The van der Waals surface area contributed by atoms with Crippen LogP contribution in [0.2, 0.25) is 0 Å². The number of hydrogen-bond acceptors (Lipinski definition) is 7. The molecule has 0 radical (unpaired) electrons. The molecule has 3 aromatic rings. The van der Waals surface area contributed by atoms with E-state index in [9.17, 15) is 9.59 Å². The Bertz CT molecular complexity index is 1410. The van der Waals surface area contributed by atoms with E-state index in [1.54, 1.807) is 26.3 Å². The first-order chi connectivity index (χ1) is 18.4. The number of nitrogens with zero attached hydrogens (tertiary/aromatic N) is 3. The van der Waals surface area contributed by atoms with Crippen LogP contribution in [-0.2, 0) is 9.53 Å². The molecule has 2 aliphatic heterocycles. The average molecular weight is 513 g/mol. The van der Waals surface area contributed by atoms with Crippen molar-refractivity contribution in [2.75, 3.05) is 45.8 Å². The first kappa shape index (κ1) is 25.3. The van der Waals surface area contributed by atoms with Crippen LogP contribution in [0.3, 0.4) is 0 Å². The molecule has 9 heteroatoms. The van der Waals surface area contributed by atoms with Crippen molar-refractivity contribution < 1.29 is 23.8 Å². The SMILES string of the molecule is COC1(C#Cc2ccc3c(c2)N(C)C(=O)C(NC(=O)c2cc(Oc4ccccc4)ccn2)CO3)CN(C)C1. The lowest BCUT2D eigenvalue weighted by Crippen LogP contribution is -2.60. The fourth-order valence-electron chi connectivity index (χ4n) is 4.41. The fourth-order valence-corrected chi connectivity index (χ4v) is 4.41. The normalized spacial score (nSPS) is 18.1. The molecule has 1 fully saturated rings. The number of benzene rings is 2. The minimum Gasteiger partial charge on any atom is -0.489 e. The lowest BCUT2D eigenvalue weighted by Gasteiger charge is -2.43. The van der Waals surface area contributed by atoms with Crippen molar-refractivity contribution in [3.8, 4) is 29.1 Å². The molecule has 1 unspecified atom stereocenters. The van der Waals surface area contributed by atoms with Gasteiger partial charge in [-0.05, 0) is 43.4 Å². The monoisotopic (exact) mass is 512 g/mol. The highest BCUT2D eigenvalue weighted by Crippen LogP contribution is 2.32. The first-order valence-electron chi connectivity index (χ1n) is 12.2. The highest BCUT2D eigenvalue weighted by molar-refractivity contribution is 6.03. The highest BCUT2D eigenvalue weighted by Gasteiger charge is 2.39. The van der Waals surface area contributed by atoms with E-state index in [1.807, 2.05) is 49.5 Å². The molecule has 38 heavy (non-hydrogen) atoms. The predicted molar refractivity (Wildman–Crippen MR) is 141 cm³/mol. The second-order valence-corrected chi connectivity index (χ2v) is 9.33. The van der Waals surface area contributed by atoms with Crippen LogP contribution in [0.1, 0.15) is 16.1 Å². The smallest absolute Gasteiger partial charge is 0.270 e. The van der Waals surface area contributed by atoms with Crippen LogP contribution in [0.25, 0.3) is 0 Å². The number of para-hydroxylation sites is 1. The van der Waals surface area contributed by atoms with E-state index in [0.717, 1.165) is 18.7 Å². The summed E-state index contributed by atoms with van der Waals surface area (Å²) in [5.41, 5.74) is 0.959. The second kappa shape index (κ2) is 10.5. The van der Waals surface area contributed by atoms with E-state index < -0.39 is 17.6 Å². The average Bonchev–Trinajstić information content (AvgIpc) is 3.03. The summed E-state index contributed by atoms with van der Waals surface area (Å²) in [7, 11) is 5.32. The summed E-state index contributed by atoms with van der Waals surface area (Å²) in [5.74, 6) is 7.19. The van der Waals surface area contributed by atoms with Gasteiger partial charge in [0.1, 0.15) is 35.6 Å². The van der Waals surface area contributed by atoms with Gasteiger partial charge < -0.3 is 24.4 Å². The van der Waals surface area contributed by atoms with Gasteiger partial charge in [-0.25, -0.2) is 0 Å². The molecular formula is C29H28N4O5. The number of fused-ring (bicyclic) bond motifs is 1. The third-order valence-electron chi connectivity index (χ3n) is 6.48. The maximum atomic E-state index is 13.3. The molecule has 2 aromatic carbocycles. The minimum absolute atomic E-state index is 0.0216. The van der Waals surface area contributed by atoms with Crippen LogP contribution in [-0.4, -0.2) is 74.2 Å². The number of nitrogens with one attached hydrogen (secondary N) is 1. The Labute approximate surface area is 221 Å². The summed E-state index contributed by atoms with van der Waals surface area (Å²) in [6.45, 7) is 1.45. The van der Waals surface area contributed by atoms with Crippen LogP contribution in [0, 0.1) is 11.8 Å². The van der Waals surface area contributed by atoms with E-state index in [-0.39, 0.29) is 18.2 Å². The number of ether oxygens (including phenoxy) is 3. The third-order valence-corrected chi connectivity index (χ3v) is 6.48. The number of amides is 2. The quantitative estimate of drug-likeness (QED) is 0.526. The highest BCUT2D eigenvalue weighted by atomic mass is 16.5. The Morgan fingerprint density at radius 2 is 1.89 bits per heavy atom. The number of likely N-dealkylation sites (N-methyl/N-ethyl adjacent to an activating group) is 2. The first-order valence-corrected chi connectivity index (χ1v) is 12.2. The lowest BCUT2D eigenvalue weighted by atomic mass is 9.95. The number of pyridine rings is 1. The van der Waals surface area contributed by atoms with Crippen molar-refractivity contribution in [3.63, 3.8) is 0 Å². The van der Waals surface area contributed by atoms with Crippen molar-refractivity contribution in [3.05, 3.63) is 78.1 Å². The number of methoxy groups -OCH3 is 1. The second-order valence-electron chi connectivity index (χ2n) is 9.33. The Morgan fingerprint density at radius 1 is 1.11 bits per heavy atom. The number of carbonyl (C=O) groups is 2. The van der Waals surface area contributed by atoms with Crippen molar-refractivity contribution in [2.24, 2.45) is 0 Å². The molecule has 0 saturated carbocycles. The summed E-state index contributed by atoms with van der Waals surface area (Å²) < 4.78 is 17.3. The Hall–Kier alpha value is -4.39. The fraction of sp³-hybridized carbons (Fsp3) is 0.276. The molecule has 5 rings (SSSR count). The molecule has 9 nitrogen and oxygen atoms in total. The summed E-state index contributed by atoms with van der Waals surface area (Å²) in [5, 5.41) is 2.75. The van der Waals surface area contributed by atoms with Gasteiger partial charge in [0.2, 0.25) is 0 Å². The summed E-state index contributed by atoms with van der Waals surface area (Å²) in [6.07, 6.45) is 1.48. The van der Waals surface area contributed by atoms with Gasteiger partial charge in [-0.15, -0.1) is 0 Å². The molecule has 2 aliphatic rings. The van der Waals surface area contributed by atoms with Gasteiger partial charge in [-0.3, -0.25) is 19.5 Å². The Kier molecular flexibility index (Phi) is 7.01. The molecule has 2 amide bonds. The largest absolute Gasteiger partial charge is 0.489 e. The van der Waals surface area contributed by atoms with E-state index in [1.165, 1.54) is 17.2 Å². The minimum atomic E-state index is -0.905. The van der Waals surface area contributed by atoms with Crippen molar-refractivity contribution >= 4 is 17.5 Å². The zero-order valence-corrected chi connectivity index (χ0v) is 21.4. The van der Waals surface area contributed by atoms with Crippen LogP contribution >= 0.6 is 0 Å².